The lowest BCUT2D eigenvalue weighted by Crippen LogP contribution is -2.24. The summed E-state index contributed by atoms with van der Waals surface area (Å²) in [6.45, 7) is 0.487. The van der Waals surface area contributed by atoms with Crippen LogP contribution in [-0.4, -0.2) is 51.2 Å². The zero-order valence-corrected chi connectivity index (χ0v) is 12.5. The molecule has 0 saturated heterocycles. The summed E-state index contributed by atoms with van der Waals surface area (Å²) >= 11 is 0. The Morgan fingerprint density at radius 2 is 2.17 bits per heavy atom. The molecule has 0 aliphatic heterocycles. The molecule has 3 aromatic rings. The van der Waals surface area contributed by atoms with Crippen molar-refractivity contribution in [1.29, 1.82) is 0 Å². The van der Waals surface area contributed by atoms with Crippen molar-refractivity contribution >= 4 is 16.9 Å². The van der Waals surface area contributed by atoms with Gasteiger partial charge in [0, 0.05) is 13.7 Å². The average molecular weight is 317 g/mol. The number of aliphatic hydroxyl groups excluding tert-OH is 1. The van der Waals surface area contributed by atoms with Crippen LogP contribution in [0.2, 0.25) is 0 Å². The van der Waals surface area contributed by atoms with Gasteiger partial charge in [0.2, 0.25) is 0 Å². The van der Waals surface area contributed by atoms with E-state index < -0.39 is 6.10 Å². The van der Waals surface area contributed by atoms with Gasteiger partial charge in [0.15, 0.2) is 5.65 Å². The first-order chi connectivity index (χ1) is 11.2. The fraction of sp³-hybridized carbons (Fsp3) is 0.267. The molecule has 2 heterocycles. The maximum atomic E-state index is 14.0. The Balaban J connectivity index is 1.93. The highest BCUT2D eigenvalue weighted by Crippen LogP contribution is 2.22. The second-order valence-corrected chi connectivity index (χ2v) is 4.96. The van der Waals surface area contributed by atoms with Crippen molar-refractivity contribution in [3.63, 3.8) is 0 Å². The van der Waals surface area contributed by atoms with Crippen LogP contribution in [0.4, 0.5) is 10.2 Å². The minimum atomic E-state index is -0.661. The number of halogens is 1. The maximum Gasteiger partial charge on any atom is 0.168 e. The number of hydrogen-bond acceptors (Lipinski definition) is 6. The second-order valence-electron chi connectivity index (χ2n) is 4.96. The summed E-state index contributed by atoms with van der Waals surface area (Å²) in [7, 11) is 1.52. The minimum absolute atomic E-state index is 0.218. The fourth-order valence-electron chi connectivity index (χ4n) is 2.25. The van der Waals surface area contributed by atoms with Crippen LogP contribution in [0.15, 0.2) is 36.8 Å². The number of hydrogen-bond donors (Lipinski definition) is 2. The third-order valence-electron chi connectivity index (χ3n) is 3.31. The van der Waals surface area contributed by atoms with Crippen LogP contribution in [-0.2, 0) is 4.74 Å². The van der Waals surface area contributed by atoms with Crippen molar-refractivity contribution in [2.45, 2.75) is 6.10 Å². The van der Waals surface area contributed by atoms with E-state index in [2.05, 4.69) is 20.4 Å². The molecule has 0 amide bonds. The van der Waals surface area contributed by atoms with Gasteiger partial charge in [0.25, 0.3) is 0 Å². The summed E-state index contributed by atoms with van der Waals surface area (Å²) in [5, 5.41) is 17.6. The number of para-hydroxylation sites is 1. The first-order valence-electron chi connectivity index (χ1n) is 7.05. The van der Waals surface area contributed by atoms with Crippen molar-refractivity contribution < 1.29 is 14.2 Å². The summed E-state index contributed by atoms with van der Waals surface area (Å²) < 4.78 is 20.2. The molecule has 0 fully saturated rings. The summed E-state index contributed by atoms with van der Waals surface area (Å²) in [5.41, 5.74) is 0.792. The molecule has 1 atom stereocenters. The van der Waals surface area contributed by atoms with E-state index in [1.807, 2.05) is 0 Å². The van der Waals surface area contributed by atoms with E-state index in [1.54, 1.807) is 24.4 Å². The Hall–Kier alpha value is -2.58. The van der Waals surface area contributed by atoms with Crippen molar-refractivity contribution in [3.05, 3.63) is 42.6 Å². The lowest BCUT2D eigenvalue weighted by atomic mass is 10.3. The molecular formula is C15H16FN5O2. The van der Waals surface area contributed by atoms with Crippen LogP contribution in [0.1, 0.15) is 0 Å². The molecule has 0 spiro atoms. The summed E-state index contributed by atoms with van der Waals surface area (Å²) in [5.74, 6) is 0.133. The van der Waals surface area contributed by atoms with E-state index in [-0.39, 0.29) is 19.0 Å². The van der Waals surface area contributed by atoms with Gasteiger partial charge in [-0.2, -0.15) is 5.10 Å². The molecular weight excluding hydrogens is 301 g/mol. The van der Waals surface area contributed by atoms with Gasteiger partial charge in [0.05, 0.1) is 24.3 Å². The lowest BCUT2D eigenvalue weighted by molar-refractivity contribution is 0.0727. The third-order valence-corrected chi connectivity index (χ3v) is 3.31. The molecule has 0 aliphatic rings. The lowest BCUT2D eigenvalue weighted by Gasteiger charge is -2.11. The fourth-order valence-corrected chi connectivity index (χ4v) is 2.25. The smallest absolute Gasteiger partial charge is 0.168 e. The number of methoxy groups -OCH3 is 1. The first kappa shape index (κ1) is 15.3. The van der Waals surface area contributed by atoms with E-state index >= 15 is 0 Å². The zero-order valence-electron chi connectivity index (χ0n) is 12.5. The number of nitrogens with one attached hydrogen (secondary N) is 1. The molecule has 23 heavy (non-hydrogen) atoms. The maximum absolute atomic E-state index is 14.0. The molecule has 7 nitrogen and oxygen atoms in total. The largest absolute Gasteiger partial charge is 0.389 e. The van der Waals surface area contributed by atoms with Crippen LogP contribution in [0, 0.1) is 5.82 Å². The van der Waals surface area contributed by atoms with E-state index in [0.29, 0.717) is 22.5 Å². The van der Waals surface area contributed by atoms with Crippen LogP contribution in [0.25, 0.3) is 16.7 Å². The highest BCUT2D eigenvalue weighted by Gasteiger charge is 2.14. The van der Waals surface area contributed by atoms with E-state index in [0.717, 1.165) is 0 Å². The molecule has 8 heteroatoms. The summed E-state index contributed by atoms with van der Waals surface area (Å²) in [4.78, 5) is 8.33. The molecule has 120 valence electrons. The molecule has 0 aliphatic carbocycles. The third kappa shape index (κ3) is 3.13. The van der Waals surface area contributed by atoms with Gasteiger partial charge in [0.1, 0.15) is 23.6 Å². The van der Waals surface area contributed by atoms with Gasteiger partial charge >= 0.3 is 0 Å². The van der Waals surface area contributed by atoms with Crippen molar-refractivity contribution in [3.8, 4) is 5.69 Å². The van der Waals surface area contributed by atoms with Gasteiger partial charge in [-0.1, -0.05) is 12.1 Å². The molecule has 2 aromatic heterocycles. The zero-order chi connectivity index (χ0) is 16.2. The predicted molar refractivity (Wildman–Crippen MR) is 83.0 cm³/mol. The number of anilines is 1. The summed E-state index contributed by atoms with van der Waals surface area (Å²) in [6.07, 6.45) is 2.27. The van der Waals surface area contributed by atoms with Gasteiger partial charge in [-0.3, -0.25) is 0 Å². The van der Waals surface area contributed by atoms with Gasteiger partial charge < -0.3 is 15.2 Å². The highest BCUT2D eigenvalue weighted by atomic mass is 19.1. The molecule has 0 radical (unpaired) electrons. The van der Waals surface area contributed by atoms with Crippen LogP contribution >= 0.6 is 0 Å². The number of benzene rings is 1. The van der Waals surface area contributed by atoms with E-state index in [4.69, 9.17) is 4.74 Å². The monoisotopic (exact) mass is 317 g/mol. The topological polar surface area (TPSA) is 85.1 Å². The molecule has 3 rings (SSSR count). The standard InChI is InChI=1S/C15H16FN5O2/c1-23-8-10(22)6-17-14-11-7-20-21(15(11)19-9-18-14)13-5-3-2-4-12(13)16/h2-5,7,9-10,22H,6,8H2,1H3,(H,17,18,19)/t10-/m1/s1. The van der Waals surface area contributed by atoms with Gasteiger partial charge in [-0.05, 0) is 12.1 Å². The predicted octanol–water partition coefficient (Wildman–Crippen LogP) is 1.37. The van der Waals surface area contributed by atoms with Crippen LogP contribution < -0.4 is 5.32 Å². The van der Waals surface area contributed by atoms with Gasteiger partial charge in [-0.25, -0.2) is 19.0 Å². The van der Waals surface area contributed by atoms with Crippen molar-refractivity contribution in [1.82, 2.24) is 19.7 Å². The Morgan fingerprint density at radius 1 is 1.35 bits per heavy atom. The highest BCUT2D eigenvalue weighted by molar-refractivity contribution is 5.87. The second kappa shape index (κ2) is 6.67. The summed E-state index contributed by atoms with van der Waals surface area (Å²) in [6, 6.07) is 6.33. The number of nitrogens with zero attached hydrogens (tertiary/aromatic N) is 4. The molecule has 0 bridgehead atoms. The number of aliphatic hydroxyl groups is 1. The average Bonchev–Trinajstić information content (AvgIpc) is 2.98. The molecule has 0 saturated carbocycles. The van der Waals surface area contributed by atoms with Gasteiger partial charge in [-0.15, -0.1) is 0 Å². The van der Waals surface area contributed by atoms with E-state index in [1.165, 1.54) is 24.2 Å². The number of fused-ring (bicyclic) bond motifs is 1. The Morgan fingerprint density at radius 3 is 2.96 bits per heavy atom. The quantitative estimate of drug-likeness (QED) is 0.714. The van der Waals surface area contributed by atoms with Crippen molar-refractivity contribution in [2.75, 3.05) is 25.6 Å². The van der Waals surface area contributed by atoms with E-state index in [9.17, 15) is 9.50 Å². The van der Waals surface area contributed by atoms with Crippen molar-refractivity contribution in [2.24, 2.45) is 0 Å². The molecule has 2 N–H and O–H groups in total. The molecule has 0 unspecified atom stereocenters. The van der Waals surface area contributed by atoms with Crippen LogP contribution in [0.3, 0.4) is 0 Å². The van der Waals surface area contributed by atoms with Crippen LogP contribution in [0.5, 0.6) is 0 Å². The number of rotatable bonds is 6. The molecule has 1 aromatic carbocycles. The Labute approximate surface area is 131 Å². The Kier molecular flexibility index (Phi) is 4.45. The number of ether oxygens (including phenoxy) is 1. The number of aromatic nitrogens is 4. The Bertz CT molecular complexity index is 807. The minimum Gasteiger partial charge on any atom is -0.389 e. The SMILES string of the molecule is COC[C@H](O)CNc1ncnc2c1cnn2-c1ccccc1F. The normalized spacial score (nSPS) is 12.5. The first-order valence-corrected chi connectivity index (χ1v) is 7.05.